The van der Waals surface area contributed by atoms with Crippen LogP contribution < -0.4 is 10.5 Å². The molecule has 84 valence electrons. The van der Waals surface area contributed by atoms with Crippen molar-refractivity contribution in [1.82, 2.24) is 10.2 Å². The molecule has 0 atom stereocenters. The molecule has 5 nitrogen and oxygen atoms in total. The Morgan fingerprint density at radius 1 is 1.56 bits per heavy atom. The van der Waals surface area contributed by atoms with Crippen LogP contribution >= 0.6 is 11.6 Å². The van der Waals surface area contributed by atoms with Crippen LogP contribution in [-0.2, 0) is 6.61 Å². The second-order valence-electron chi connectivity index (χ2n) is 3.21. The van der Waals surface area contributed by atoms with Gasteiger partial charge >= 0.3 is 5.76 Å². The van der Waals surface area contributed by atoms with Crippen LogP contribution in [0.2, 0.25) is 5.02 Å². The van der Waals surface area contributed by atoms with Crippen molar-refractivity contribution in [2.45, 2.75) is 13.5 Å². The number of aromatic amines is 1. The molecule has 2 aromatic rings. The van der Waals surface area contributed by atoms with Crippen LogP contribution in [0, 0.1) is 6.92 Å². The van der Waals surface area contributed by atoms with Gasteiger partial charge in [0.05, 0.1) is 0 Å². The van der Waals surface area contributed by atoms with E-state index in [1.807, 2.05) is 6.92 Å². The second kappa shape index (κ2) is 4.40. The van der Waals surface area contributed by atoms with Gasteiger partial charge < -0.3 is 9.15 Å². The highest BCUT2D eigenvalue weighted by atomic mass is 35.5. The molecule has 2 rings (SSSR count). The van der Waals surface area contributed by atoms with E-state index >= 15 is 0 Å². The van der Waals surface area contributed by atoms with Crippen molar-refractivity contribution >= 4 is 11.6 Å². The normalized spacial score (nSPS) is 10.4. The highest BCUT2D eigenvalue weighted by Gasteiger charge is 2.04. The van der Waals surface area contributed by atoms with E-state index in [9.17, 15) is 4.79 Å². The number of halogens is 1. The van der Waals surface area contributed by atoms with Crippen LogP contribution in [-0.4, -0.2) is 10.2 Å². The summed E-state index contributed by atoms with van der Waals surface area (Å²) in [6.07, 6.45) is 0. The molecular formula is C10H9ClN2O3. The Balaban J connectivity index is 2.07. The summed E-state index contributed by atoms with van der Waals surface area (Å²) in [5.74, 6) is 0.292. The quantitative estimate of drug-likeness (QED) is 0.890. The highest BCUT2D eigenvalue weighted by molar-refractivity contribution is 6.30. The van der Waals surface area contributed by atoms with Crippen LogP contribution in [0.5, 0.6) is 5.75 Å². The fraction of sp³-hybridized carbons (Fsp3) is 0.200. The van der Waals surface area contributed by atoms with Crippen molar-refractivity contribution < 1.29 is 9.15 Å². The Kier molecular flexibility index (Phi) is 2.96. The summed E-state index contributed by atoms with van der Waals surface area (Å²) in [6, 6.07) is 5.27. The molecule has 1 aromatic heterocycles. The first-order valence-electron chi connectivity index (χ1n) is 4.58. The molecule has 0 fully saturated rings. The maximum absolute atomic E-state index is 10.7. The van der Waals surface area contributed by atoms with Gasteiger partial charge in [0.2, 0.25) is 0 Å². The topological polar surface area (TPSA) is 68.1 Å². The van der Waals surface area contributed by atoms with Crippen molar-refractivity contribution in [3.05, 3.63) is 45.2 Å². The number of hydrogen-bond donors (Lipinski definition) is 1. The van der Waals surface area contributed by atoms with Gasteiger partial charge in [0, 0.05) is 5.02 Å². The number of aromatic nitrogens is 2. The van der Waals surface area contributed by atoms with E-state index in [1.165, 1.54) is 0 Å². The molecule has 0 bridgehead atoms. The Hall–Kier alpha value is -1.75. The van der Waals surface area contributed by atoms with Gasteiger partial charge in [-0.25, -0.2) is 9.89 Å². The van der Waals surface area contributed by atoms with Gasteiger partial charge in [-0.3, -0.25) is 0 Å². The molecule has 0 amide bonds. The molecule has 0 aliphatic carbocycles. The van der Waals surface area contributed by atoms with E-state index in [0.717, 1.165) is 5.56 Å². The van der Waals surface area contributed by atoms with Gasteiger partial charge in [0.25, 0.3) is 5.89 Å². The lowest BCUT2D eigenvalue weighted by Gasteiger charge is -2.06. The Morgan fingerprint density at radius 2 is 2.38 bits per heavy atom. The van der Waals surface area contributed by atoms with Gasteiger partial charge in [0.15, 0.2) is 6.61 Å². The molecule has 1 heterocycles. The second-order valence-corrected chi connectivity index (χ2v) is 3.64. The molecule has 1 aromatic carbocycles. The fourth-order valence-electron chi connectivity index (χ4n) is 1.24. The zero-order valence-electron chi connectivity index (χ0n) is 8.49. The SMILES string of the molecule is Cc1cc(Cl)ccc1OCc1n[nH]c(=O)o1. The first-order chi connectivity index (χ1) is 7.65. The molecule has 0 aliphatic rings. The number of benzene rings is 1. The van der Waals surface area contributed by atoms with Crippen LogP contribution in [0.25, 0.3) is 0 Å². The van der Waals surface area contributed by atoms with Gasteiger partial charge in [-0.05, 0) is 30.7 Å². The average molecular weight is 241 g/mol. The van der Waals surface area contributed by atoms with E-state index in [1.54, 1.807) is 18.2 Å². The van der Waals surface area contributed by atoms with Gasteiger partial charge in [-0.1, -0.05) is 11.6 Å². The van der Waals surface area contributed by atoms with Crippen molar-refractivity contribution in [2.75, 3.05) is 0 Å². The number of ether oxygens (including phenoxy) is 1. The van der Waals surface area contributed by atoms with Crippen LogP contribution in [0.3, 0.4) is 0 Å². The molecule has 0 saturated carbocycles. The standard InChI is InChI=1S/C10H9ClN2O3/c1-6-4-7(11)2-3-8(6)15-5-9-12-13-10(14)16-9/h2-4H,5H2,1H3,(H,13,14). The third-order valence-corrected chi connectivity index (χ3v) is 2.21. The minimum absolute atomic E-state index is 0.0984. The number of nitrogens with one attached hydrogen (secondary N) is 1. The molecular weight excluding hydrogens is 232 g/mol. The Morgan fingerprint density at radius 3 is 3.00 bits per heavy atom. The van der Waals surface area contributed by atoms with Crippen LogP contribution in [0.1, 0.15) is 11.5 Å². The average Bonchev–Trinajstić information content (AvgIpc) is 2.63. The van der Waals surface area contributed by atoms with Crippen molar-refractivity contribution in [1.29, 1.82) is 0 Å². The zero-order valence-corrected chi connectivity index (χ0v) is 9.25. The fourth-order valence-corrected chi connectivity index (χ4v) is 1.46. The van der Waals surface area contributed by atoms with Crippen LogP contribution in [0.4, 0.5) is 0 Å². The molecule has 0 saturated heterocycles. The monoisotopic (exact) mass is 240 g/mol. The molecule has 0 unspecified atom stereocenters. The third kappa shape index (κ3) is 2.43. The minimum Gasteiger partial charge on any atom is -0.484 e. The molecule has 0 radical (unpaired) electrons. The maximum atomic E-state index is 10.7. The number of H-pyrrole nitrogens is 1. The first kappa shape index (κ1) is 10.8. The lowest BCUT2D eigenvalue weighted by molar-refractivity contribution is 0.258. The predicted octanol–water partition coefficient (Wildman–Crippen LogP) is 1.90. The predicted molar refractivity (Wildman–Crippen MR) is 57.6 cm³/mol. The number of rotatable bonds is 3. The van der Waals surface area contributed by atoms with E-state index in [0.29, 0.717) is 10.8 Å². The maximum Gasteiger partial charge on any atom is 0.434 e. The lowest BCUT2D eigenvalue weighted by atomic mass is 10.2. The summed E-state index contributed by atoms with van der Waals surface area (Å²) in [4.78, 5) is 10.7. The number of nitrogens with zero attached hydrogens (tertiary/aromatic N) is 1. The van der Waals surface area contributed by atoms with E-state index in [-0.39, 0.29) is 12.5 Å². The number of hydrogen-bond acceptors (Lipinski definition) is 4. The van der Waals surface area contributed by atoms with Gasteiger partial charge in [-0.2, -0.15) is 0 Å². The summed E-state index contributed by atoms with van der Waals surface area (Å²) in [6.45, 7) is 1.98. The van der Waals surface area contributed by atoms with E-state index in [2.05, 4.69) is 10.2 Å². The summed E-state index contributed by atoms with van der Waals surface area (Å²) < 4.78 is 10.1. The molecule has 0 aliphatic heterocycles. The van der Waals surface area contributed by atoms with Gasteiger partial charge in [-0.15, -0.1) is 5.10 Å². The van der Waals surface area contributed by atoms with Crippen molar-refractivity contribution in [3.8, 4) is 5.75 Å². The zero-order chi connectivity index (χ0) is 11.5. The lowest BCUT2D eigenvalue weighted by Crippen LogP contribution is -1.97. The minimum atomic E-state index is -0.591. The Bertz CT molecular complexity index is 547. The van der Waals surface area contributed by atoms with E-state index in [4.69, 9.17) is 20.8 Å². The van der Waals surface area contributed by atoms with Gasteiger partial charge in [0.1, 0.15) is 5.75 Å². The summed E-state index contributed by atoms with van der Waals surface area (Å²) >= 11 is 5.80. The largest absolute Gasteiger partial charge is 0.484 e. The van der Waals surface area contributed by atoms with Crippen molar-refractivity contribution in [2.24, 2.45) is 0 Å². The summed E-state index contributed by atoms with van der Waals surface area (Å²) in [5, 5.41) is 6.43. The number of aryl methyl sites for hydroxylation is 1. The molecule has 1 N–H and O–H groups in total. The summed E-state index contributed by atoms with van der Waals surface area (Å²) in [7, 11) is 0. The smallest absolute Gasteiger partial charge is 0.434 e. The van der Waals surface area contributed by atoms with Crippen LogP contribution in [0.15, 0.2) is 27.4 Å². The van der Waals surface area contributed by atoms with Crippen molar-refractivity contribution in [3.63, 3.8) is 0 Å². The highest BCUT2D eigenvalue weighted by Crippen LogP contribution is 2.22. The third-order valence-electron chi connectivity index (χ3n) is 1.97. The summed E-state index contributed by atoms with van der Waals surface area (Å²) in [5.41, 5.74) is 0.908. The van der Waals surface area contributed by atoms with E-state index < -0.39 is 5.76 Å². The molecule has 6 heteroatoms. The first-order valence-corrected chi connectivity index (χ1v) is 4.96. The molecule has 0 spiro atoms. The Labute approximate surface area is 96.0 Å². The molecule has 16 heavy (non-hydrogen) atoms.